The van der Waals surface area contributed by atoms with Crippen molar-refractivity contribution in [1.82, 2.24) is 4.98 Å². The Bertz CT molecular complexity index is 582. The van der Waals surface area contributed by atoms with E-state index in [1.165, 1.54) is 6.07 Å². The SMILES string of the molecule is CC(C)[C@H](Nc1nc2cccc(F)c2s1)C(=O)O. The molecule has 0 amide bonds. The number of anilines is 1. The first kappa shape index (κ1) is 12.8. The highest BCUT2D eigenvalue weighted by molar-refractivity contribution is 7.22. The van der Waals surface area contributed by atoms with Crippen LogP contribution in [0.4, 0.5) is 9.52 Å². The van der Waals surface area contributed by atoms with Gasteiger partial charge >= 0.3 is 5.97 Å². The molecule has 18 heavy (non-hydrogen) atoms. The van der Waals surface area contributed by atoms with E-state index in [2.05, 4.69) is 10.3 Å². The van der Waals surface area contributed by atoms with Crippen LogP contribution < -0.4 is 5.32 Å². The smallest absolute Gasteiger partial charge is 0.326 e. The number of halogens is 1. The van der Waals surface area contributed by atoms with Gasteiger partial charge in [-0.05, 0) is 18.1 Å². The van der Waals surface area contributed by atoms with Gasteiger partial charge in [-0.15, -0.1) is 0 Å². The molecule has 96 valence electrons. The lowest BCUT2D eigenvalue weighted by Crippen LogP contribution is -2.34. The molecule has 0 aliphatic rings. The molecule has 0 unspecified atom stereocenters. The highest BCUT2D eigenvalue weighted by atomic mass is 32.1. The van der Waals surface area contributed by atoms with Gasteiger partial charge in [-0.25, -0.2) is 14.2 Å². The zero-order valence-electron chi connectivity index (χ0n) is 9.98. The fourth-order valence-electron chi connectivity index (χ4n) is 1.62. The molecule has 2 rings (SSSR count). The molecule has 0 aliphatic heterocycles. The van der Waals surface area contributed by atoms with E-state index in [0.717, 1.165) is 11.3 Å². The van der Waals surface area contributed by atoms with Crippen LogP contribution in [0.1, 0.15) is 13.8 Å². The monoisotopic (exact) mass is 268 g/mol. The maximum absolute atomic E-state index is 13.5. The van der Waals surface area contributed by atoms with Gasteiger partial charge in [-0.3, -0.25) is 0 Å². The Labute approximate surface area is 107 Å². The van der Waals surface area contributed by atoms with Gasteiger partial charge in [0.1, 0.15) is 11.9 Å². The van der Waals surface area contributed by atoms with Gasteiger partial charge in [0.2, 0.25) is 0 Å². The minimum Gasteiger partial charge on any atom is -0.480 e. The summed E-state index contributed by atoms with van der Waals surface area (Å²) in [5, 5.41) is 12.3. The van der Waals surface area contributed by atoms with Crippen molar-refractivity contribution in [2.75, 3.05) is 5.32 Å². The number of benzene rings is 1. The summed E-state index contributed by atoms with van der Waals surface area (Å²) in [6.45, 7) is 3.61. The van der Waals surface area contributed by atoms with Gasteiger partial charge in [-0.1, -0.05) is 31.3 Å². The number of carboxylic acid groups (broad SMARTS) is 1. The second-order valence-electron chi connectivity index (χ2n) is 4.31. The molecule has 6 heteroatoms. The Balaban J connectivity index is 2.32. The summed E-state index contributed by atoms with van der Waals surface area (Å²) in [6.07, 6.45) is 0. The topological polar surface area (TPSA) is 62.2 Å². The minimum absolute atomic E-state index is 0.0839. The Morgan fingerprint density at radius 3 is 2.78 bits per heavy atom. The predicted octanol–water partition coefficient (Wildman–Crippen LogP) is 2.96. The van der Waals surface area contributed by atoms with Crippen LogP contribution >= 0.6 is 11.3 Å². The second kappa shape index (κ2) is 4.89. The quantitative estimate of drug-likeness (QED) is 0.895. The molecule has 1 atom stereocenters. The molecule has 1 aromatic heterocycles. The number of carbonyl (C=O) groups is 1. The van der Waals surface area contributed by atoms with Crippen LogP contribution in [0.3, 0.4) is 0 Å². The zero-order valence-corrected chi connectivity index (χ0v) is 10.8. The van der Waals surface area contributed by atoms with E-state index in [1.807, 2.05) is 0 Å². The Kier molecular flexibility index (Phi) is 3.47. The molecule has 0 fully saturated rings. The first-order chi connectivity index (χ1) is 8.49. The number of hydrogen-bond donors (Lipinski definition) is 2. The van der Waals surface area contributed by atoms with Crippen molar-refractivity contribution in [1.29, 1.82) is 0 Å². The minimum atomic E-state index is -0.940. The van der Waals surface area contributed by atoms with E-state index in [1.54, 1.807) is 26.0 Å². The van der Waals surface area contributed by atoms with Crippen molar-refractivity contribution >= 4 is 32.7 Å². The van der Waals surface area contributed by atoms with E-state index >= 15 is 0 Å². The molecule has 1 heterocycles. The van der Waals surface area contributed by atoms with Gasteiger partial charge in [0.05, 0.1) is 10.2 Å². The van der Waals surface area contributed by atoms with Crippen LogP contribution in [-0.4, -0.2) is 22.1 Å². The van der Waals surface area contributed by atoms with Crippen molar-refractivity contribution in [3.8, 4) is 0 Å². The van der Waals surface area contributed by atoms with Crippen molar-refractivity contribution in [2.45, 2.75) is 19.9 Å². The van der Waals surface area contributed by atoms with Crippen LogP contribution in [0.2, 0.25) is 0 Å². The molecule has 0 spiro atoms. The van der Waals surface area contributed by atoms with E-state index in [9.17, 15) is 9.18 Å². The average Bonchev–Trinajstić information content (AvgIpc) is 2.69. The fourth-order valence-corrected chi connectivity index (χ4v) is 2.53. The number of aromatic nitrogens is 1. The third-order valence-electron chi connectivity index (χ3n) is 2.58. The van der Waals surface area contributed by atoms with E-state index in [0.29, 0.717) is 15.3 Å². The summed E-state index contributed by atoms with van der Waals surface area (Å²) < 4.78 is 13.9. The van der Waals surface area contributed by atoms with Crippen LogP contribution in [0, 0.1) is 11.7 Å². The number of thiazole rings is 1. The lowest BCUT2D eigenvalue weighted by atomic mass is 10.1. The molecule has 0 saturated heterocycles. The van der Waals surface area contributed by atoms with Crippen LogP contribution in [0.15, 0.2) is 18.2 Å². The summed E-state index contributed by atoms with van der Waals surface area (Å²) in [7, 11) is 0. The summed E-state index contributed by atoms with van der Waals surface area (Å²) in [4.78, 5) is 15.2. The van der Waals surface area contributed by atoms with Crippen molar-refractivity contribution in [2.24, 2.45) is 5.92 Å². The second-order valence-corrected chi connectivity index (χ2v) is 5.31. The standard InChI is InChI=1S/C12H13FN2O2S/c1-6(2)9(11(16)17)15-12-14-8-5-3-4-7(13)10(8)18-12/h3-6,9H,1-2H3,(H,14,15)(H,16,17)/t9-/m0/s1. The van der Waals surface area contributed by atoms with Crippen LogP contribution in [0.5, 0.6) is 0 Å². The molecule has 1 aromatic carbocycles. The molecule has 0 aliphatic carbocycles. The molecule has 0 bridgehead atoms. The Morgan fingerprint density at radius 1 is 1.50 bits per heavy atom. The summed E-state index contributed by atoms with van der Waals surface area (Å²) in [5.74, 6) is -1.36. The van der Waals surface area contributed by atoms with E-state index in [4.69, 9.17) is 5.11 Å². The molecule has 0 radical (unpaired) electrons. The maximum Gasteiger partial charge on any atom is 0.326 e. The summed E-state index contributed by atoms with van der Waals surface area (Å²) >= 11 is 1.13. The van der Waals surface area contributed by atoms with Crippen molar-refractivity contribution in [3.63, 3.8) is 0 Å². The highest BCUT2D eigenvalue weighted by Gasteiger charge is 2.22. The van der Waals surface area contributed by atoms with Crippen LogP contribution in [0.25, 0.3) is 10.2 Å². The third kappa shape index (κ3) is 2.43. The normalized spacial score (nSPS) is 12.9. The average molecular weight is 268 g/mol. The van der Waals surface area contributed by atoms with Gasteiger partial charge in [-0.2, -0.15) is 0 Å². The van der Waals surface area contributed by atoms with E-state index in [-0.39, 0.29) is 11.7 Å². The third-order valence-corrected chi connectivity index (χ3v) is 3.59. The van der Waals surface area contributed by atoms with Gasteiger partial charge in [0, 0.05) is 0 Å². The lowest BCUT2D eigenvalue weighted by Gasteiger charge is -2.16. The highest BCUT2D eigenvalue weighted by Crippen LogP contribution is 2.29. The number of nitrogens with zero attached hydrogens (tertiary/aromatic N) is 1. The maximum atomic E-state index is 13.5. The number of fused-ring (bicyclic) bond motifs is 1. The Hall–Kier alpha value is -1.69. The summed E-state index contributed by atoms with van der Waals surface area (Å²) in [5.41, 5.74) is 0.537. The number of hydrogen-bond acceptors (Lipinski definition) is 4. The van der Waals surface area contributed by atoms with Gasteiger partial charge < -0.3 is 10.4 Å². The zero-order chi connectivity index (χ0) is 13.3. The fraction of sp³-hybridized carbons (Fsp3) is 0.333. The van der Waals surface area contributed by atoms with Gasteiger partial charge in [0.25, 0.3) is 0 Å². The largest absolute Gasteiger partial charge is 0.480 e. The van der Waals surface area contributed by atoms with Crippen LogP contribution in [-0.2, 0) is 4.79 Å². The van der Waals surface area contributed by atoms with E-state index < -0.39 is 12.0 Å². The number of rotatable bonds is 4. The molecule has 2 aromatic rings. The molecular weight excluding hydrogens is 255 g/mol. The predicted molar refractivity (Wildman–Crippen MR) is 69.5 cm³/mol. The molecular formula is C12H13FN2O2S. The molecule has 0 saturated carbocycles. The molecule has 2 N–H and O–H groups in total. The van der Waals surface area contributed by atoms with Crippen molar-refractivity contribution in [3.05, 3.63) is 24.0 Å². The first-order valence-electron chi connectivity index (χ1n) is 5.53. The first-order valence-corrected chi connectivity index (χ1v) is 6.35. The van der Waals surface area contributed by atoms with Crippen molar-refractivity contribution < 1.29 is 14.3 Å². The number of aliphatic carboxylic acids is 1. The Morgan fingerprint density at radius 2 is 2.22 bits per heavy atom. The molecule has 4 nitrogen and oxygen atoms in total. The van der Waals surface area contributed by atoms with Gasteiger partial charge in [0.15, 0.2) is 5.13 Å². The summed E-state index contributed by atoms with van der Waals surface area (Å²) in [6, 6.07) is 3.92. The number of nitrogens with one attached hydrogen (secondary N) is 1. The lowest BCUT2D eigenvalue weighted by molar-refractivity contribution is -0.138. The number of carboxylic acids is 1.